The monoisotopic (exact) mass is 323 g/mol. The number of methoxy groups -OCH3 is 1. The second kappa shape index (κ2) is 6.74. The van der Waals surface area contributed by atoms with Crippen molar-refractivity contribution in [2.75, 3.05) is 12.8 Å². The molecule has 2 rings (SSSR count). The number of carbonyl (C=O) groups is 1. The number of para-hydroxylation sites is 1. The van der Waals surface area contributed by atoms with E-state index in [9.17, 15) is 9.90 Å². The van der Waals surface area contributed by atoms with E-state index in [1.807, 2.05) is 12.1 Å². The van der Waals surface area contributed by atoms with Gasteiger partial charge in [0.1, 0.15) is 11.3 Å². The number of ether oxygens (including phenoxy) is 1. The first-order valence-electron chi connectivity index (χ1n) is 6.09. The molecule has 0 aliphatic rings. The smallest absolute Gasteiger partial charge is 0.341 e. The van der Waals surface area contributed by atoms with E-state index in [-0.39, 0.29) is 11.3 Å². The van der Waals surface area contributed by atoms with Crippen LogP contribution in [0.5, 0.6) is 5.75 Å². The number of esters is 1. The van der Waals surface area contributed by atoms with Crippen LogP contribution in [-0.2, 0) is 10.6 Å². The molecule has 0 bridgehead atoms. The van der Waals surface area contributed by atoms with Gasteiger partial charge in [0.25, 0.3) is 0 Å². The van der Waals surface area contributed by atoms with Crippen LogP contribution in [0.15, 0.2) is 46.2 Å². The molecule has 21 heavy (non-hydrogen) atoms. The van der Waals surface area contributed by atoms with E-state index in [0.29, 0.717) is 16.5 Å². The molecule has 2 aromatic carbocycles. The second-order valence-corrected chi connectivity index (χ2v) is 5.60. The van der Waals surface area contributed by atoms with Crippen LogP contribution >= 0.6 is 23.4 Å². The zero-order chi connectivity index (χ0) is 15.4. The highest BCUT2D eigenvalue weighted by Gasteiger charge is 2.16. The van der Waals surface area contributed by atoms with Crippen LogP contribution < -0.4 is 5.73 Å². The maximum absolute atomic E-state index is 11.6. The molecule has 3 N–H and O–H groups in total. The number of alkyl halides is 1. The van der Waals surface area contributed by atoms with Gasteiger partial charge in [0.05, 0.1) is 12.0 Å². The van der Waals surface area contributed by atoms with Gasteiger partial charge in [0, 0.05) is 16.5 Å². The number of phenols is 1. The molecule has 6 heteroatoms. The fourth-order valence-corrected chi connectivity index (χ4v) is 2.84. The highest BCUT2D eigenvalue weighted by molar-refractivity contribution is 7.99. The van der Waals surface area contributed by atoms with Crippen molar-refractivity contribution < 1.29 is 14.6 Å². The van der Waals surface area contributed by atoms with E-state index < -0.39 is 5.97 Å². The van der Waals surface area contributed by atoms with Gasteiger partial charge >= 0.3 is 5.97 Å². The number of rotatable bonds is 4. The predicted octanol–water partition coefficient (Wildman–Crippen LogP) is 3.65. The molecule has 0 aliphatic carbocycles. The van der Waals surface area contributed by atoms with Gasteiger partial charge in [-0.25, -0.2) is 4.79 Å². The van der Waals surface area contributed by atoms with Crippen molar-refractivity contribution in [2.24, 2.45) is 0 Å². The van der Waals surface area contributed by atoms with Crippen LogP contribution in [0.3, 0.4) is 0 Å². The lowest BCUT2D eigenvalue weighted by molar-refractivity contribution is 0.0597. The third kappa shape index (κ3) is 3.43. The zero-order valence-corrected chi connectivity index (χ0v) is 12.9. The van der Waals surface area contributed by atoms with Crippen molar-refractivity contribution in [3.8, 4) is 5.75 Å². The van der Waals surface area contributed by atoms with Gasteiger partial charge in [-0.15, -0.1) is 11.6 Å². The summed E-state index contributed by atoms with van der Waals surface area (Å²) in [4.78, 5) is 12.9. The quantitative estimate of drug-likeness (QED) is 0.510. The number of nitrogen functional groups attached to an aromatic ring is 1. The normalized spacial score (nSPS) is 10.4. The number of carbonyl (C=O) groups excluding carboxylic acids is 1. The molecule has 0 aliphatic heterocycles. The Kier molecular flexibility index (Phi) is 4.98. The number of nitrogens with two attached hydrogens (primary N) is 1. The number of anilines is 1. The molecule has 0 amide bonds. The van der Waals surface area contributed by atoms with Gasteiger partial charge in [-0.2, -0.15) is 0 Å². The molecule has 0 saturated carbocycles. The number of aromatic hydroxyl groups is 1. The minimum absolute atomic E-state index is 0.116. The predicted molar refractivity (Wildman–Crippen MR) is 84.0 cm³/mol. The van der Waals surface area contributed by atoms with Crippen molar-refractivity contribution in [3.05, 3.63) is 47.5 Å². The van der Waals surface area contributed by atoms with Crippen molar-refractivity contribution in [3.63, 3.8) is 0 Å². The average Bonchev–Trinajstić information content (AvgIpc) is 2.50. The molecule has 0 heterocycles. The summed E-state index contributed by atoms with van der Waals surface area (Å²) in [6.45, 7) is 0. The topological polar surface area (TPSA) is 72.5 Å². The maximum atomic E-state index is 11.6. The van der Waals surface area contributed by atoms with Gasteiger partial charge in [0.15, 0.2) is 0 Å². The molecule has 0 spiro atoms. The lowest BCUT2D eigenvalue weighted by Crippen LogP contribution is -2.01. The van der Waals surface area contributed by atoms with Gasteiger partial charge in [0.2, 0.25) is 0 Å². The van der Waals surface area contributed by atoms with Crippen LogP contribution in [0.2, 0.25) is 0 Å². The summed E-state index contributed by atoms with van der Waals surface area (Å²) in [5.41, 5.74) is 7.58. The Hall–Kier alpha value is -1.85. The van der Waals surface area contributed by atoms with Gasteiger partial charge in [-0.05, 0) is 29.8 Å². The SMILES string of the molecule is COC(=O)c1cccc(Sc2ccc(CCl)cc2N)c1O. The first-order chi connectivity index (χ1) is 10.1. The molecule has 0 fully saturated rings. The Morgan fingerprint density at radius 2 is 2.10 bits per heavy atom. The third-order valence-electron chi connectivity index (χ3n) is 2.85. The van der Waals surface area contributed by atoms with Gasteiger partial charge in [-0.1, -0.05) is 23.9 Å². The summed E-state index contributed by atoms with van der Waals surface area (Å²) in [5, 5.41) is 10.2. The summed E-state index contributed by atoms with van der Waals surface area (Å²) in [7, 11) is 1.27. The molecular weight excluding hydrogens is 310 g/mol. The van der Waals surface area contributed by atoms with Gasteiger partial charge < -0.3 is 15.6 Å². The lowest BCUT2D eigenvalue weighted by atomic mass is 10.2. The first kappa shape index (κ1) is 15.5. The van der Waals surface area contributed by atoms with Crippen LogP contribution in [0.1, 0.15) is 15.9 Å². The number of phenolic OH excluding ortho intramolecular Hbond substituents is 1. The van der Waals surface area contributed by atoms with Crippen molar-refractivity contribution in [1.29, 1.82) is 0 Å². The van der Waals surface area contributed by atoms with E-state index in [2.05, 4.69) is 4.74 Å². The van der Waals surface area contributed by atoms with Crippen LogP contribution in [0.4, 0.5) is 5.69 Å². The Balaban J connectivity index is 2.34. The Labute approximate surface area is 131 Å². The Morgan fingerprint density at radius 3 is 2.71 bits per heavy atom. The van der Waals surface area contributed by atoms with E-state index in [1.54, 1.807) is 18.2 Å². The summed E-state index contributed by atoms with van der Waals surface area (Å²) < 4.78 is 4.63. The summed E-state index contributed by atoms with van der Waals surface area (Å²) in [6, 6.07) is 10.4. The maximum Gasteiger partial charge on any atom is 0.341 e. The molecule has 0 atom stereocenters. The fourth-order valence-electron chi connectivity index (χ4n) is 1.77. The van der Waals surface area contributed by atoms with Crippen molar-refractivity contribution >= 4 is 35.0 Å². The fraction of sp³-hybridized carbons (Fsp3) is 0.133. The molecule has 0 radical (unpaired) electrons. The van der Waals surface area contributed by atoms with E-state index in [0.717, 1.165) is 10.5 Å². The van der Waals surface area contributed by atoms with E-state index in [1.165, 1.54) is 24.9 Å². The second-order valence-electron chi connectivity index (χ2n) is 4.25. The average molecular weight is 324 g/mol. The summed E-state index contributed by atoms with van der Waals surface area (Å²) in [6.07, 6.45) is 0. The molecule has 0 saturated heterocycles. The number of halogens is 1. The molecule has 0 unspecified atom stereocenters. The zero-order valence-electron chi connectivity index (χ0n) is 11.3. The highest BCUT2D eigenvalue weighted by atomic mass is 35.5. The highest BCUT2D eigenvalue weighted by Crippen LogP contribution is 2.39. The molecule has 0 aromatic heterocycles. The van der Waals surface area contributed by atoms with Crippen LogP contribution in [0.25, 0.3) is 0 Å². The standard InChI is InChI=1S/C15H14ClNO3S/c1-20-15(19)10-3-2-4-13(14(10)18)21-12-6-5-9(8-16)7-11(12)17/h2-7,18H,8,17H2,1H3. The minimum atomic E-state index is -0.583. The number of benzene rings is 2. The van der Waals surface area contributed by atoms with Crippen molar-refractivity contribution in [1.82, 2.24) is 0 Å². The van der Waals surface area contributed by atoms with Crippen LogP contribution in [-0.4, -0.2) is 18.2 Å². The molecule has 4 nitrogen and oxygen atoms in total. The minimum Gasteiger partial charge on any atom is -0.506 e. The lowest BCUT2D eigenvalue weighted by Gasteiger charge is -2.10. The molecule has 2 aromatic rings. The van der Waals surface area contributed by atoms with Crippen molar-refractivity contribution in [2.45, 2.75) is 15.7 Å². The van der Waals surface area contributed by atoms with E-state index >= 15 is 0 Å². The summed E-state index contributed by atoms with van der Waals surface area (Å²) >= 11 is 7.03. The largest absolute Gasteiger partial charge is 0.506 e. The molecular formula is C15H14ClNO3S. The first-order valence-corrected chi connectivity index (χ1v) is 7.44. The summed E-state index contributed by atoms with van der Waals surface area (Å²) in [5.74, 6) is -0.311. The number of hydrogen-bond donors (Lipinski definition) is 2. The number of hydrogen-bond acceptors (Lipinski definition) is 5. The Bertz CT molecular complexity index is 676. The van der Waals surface area contributed by atoms with E-state index in [4.69, 9.17) is 17.3 Å². The van der Waals surface area contributed by atoms with Crippen LogP contribution in [0, 0.1) is 0 Å². The Morgan fingerprint density at radius 1 is 1.33 bits per heavy atom. The molecule has 110 valence electrons. The third-order valence-corrected chi connectivity index (χ3v) is 4.30. The van der Waals surface area contributed by atoms with Gasteiger partial charge in [-0.3, -0.25) is 0 Å².